The van der Waals surface area contributed by atoms with Crippen LogP contribution in [0, 0.1) is 6.92 Å². The summed E-state index contributed by atoms with van der Waals surface area (Å²) >= 11 is 0.772. The van der Waals surface area contributed by atoms with Gasteiger partial charge in [-0.05, 0) is 72.8 Å². The number of aryl methyl sites for hydroxylation is 1. The molecule has 5 rings (SSSR count). The number of nitrogens with two attached hydrogens (primary N) is 2. The molecule has 0 unspecified atom stereocenters. The van der Waals surface area contributed by atoms with E-state index < -0.39 is 17.9 Å². The number of benzene rings is 2. The predicted octanol–water partition coefficient (Wildman–Crippen LogP) is 3.36. The van der Waals surface area contributed by atoms with Crippen LogP contribution in [0.5, 0.6) is 0 Å². The van der Waals surface area contributed by atoms with Crippen LogP contribution in [0.15, 0.2) is 60.8 Å². The number of amides is 3. The SMILES string of the molecule is Cc1cccc(N(C(=O)c2snc(C(N)=O)c2N)[C@H](C(=O)NC[C@@H]2CCCO2)c2ccc3ncccc3c2)c1. The lowest BCUT2D eigenvalue weighted by molar-refractivity contribution is -0.123. The molecule has 2 aromatic carbocycles. The average molecular weight is 545 g/mol. The molecular weight excluding hydrogens is 516 g/mol. The van der Waals surface area contributed by atoms with E-state index in [1.54, 1.807) is 18.3 Å². The first-order chi connectivity index (χ1) is 18.8. The molecule has 11 heteroatoms. The summed E-state index contributed by atoms with van der Waals surface area (Å²) in [4.78, 5) is 45.8. The Balaban J connectivity index is 1.64. The number of nitrogens with zero attached hydrogens (tertiary/aromatic N) is 3. The molecule has 0 radical (unpaired) electrons. The molecular formula is C28H28N6O4S. The second-order valence-electron chi connectivity index (χ2n) is 9.39. The summed E-state index contributed by atoms with van der Waals surface area (Å²) in [5.74, 6) is -1.80. The summed E-state index contributed by atoms with van der Waals surface area (Å²) in [7, 11) is 0. The van der Waals surface area contributed by atoms with Crippen molar-refractivity contribution in [3.63, 3.8) is 0 Å². The van der Waals surface area contributed by atoms with E-state index in [9.17, 15) is 14.4 Å². The highest BCUT2D eigenvalue weighted by molar-refractivity contribution is 7.09. The summed E-state index contributed by atoms with van der Waals surface area (Å²) in [5, 5.41) is 3.81. The maximum absolute atomic E-state index is 14.2. The van der Waals surface area contributed by atoms with Crippen LogP contribution in [-0.4, -0.2) is 46.3 Å². The number of nitrogens with one attached hydrogen (secondary N) is 1. The summed E-state index contributed by atoms with van der Waals surface area (Å²) in [5.41, 5.74) is 14.0. The monoisotopic (exact) mass is 544 g/mol. The number of ether oxygens (including phenoxy) is 1. The fourth-order valence-electron chi connectivity index (χ4n) is 4.70. The van der Waals surface area contributed by atoms with Crippen molar-refractivity contribution in [3.05, 3.63) is 82.5 Å². The second-order valence-corrected chi connectivity index (χ2v) is 10.2. The van der Waals surface area contributed by atoms with Crippen LogP contribution >= 0.6 is 11.5 Å². The zero-order chi connectivity index (χ0) is 27.5. The molecule has 0 saturated carbocycles. The number of hydrogen-bond donors (Lipinski definition) is 3. The Hall–Kier alpha value is -4.35. The number of carbonyl (C=O) groups is 3. The van der Waals surface area contributed by atoms with Gasteiger partial charge in [-0.15, -0.1) is 0 Å². The average Bonchev–Trinajstić information content (AvgIpc) is 3.59. The number of nitrogen functional groups attached to an aromatic ring is 1. The van der Waals surface area contributed by atoms with Crippen LogP contribution in [0.2, 0.25) is 0 Å². The van der Waals surface area contributed by atoms with E-state index in [0.29, 0.717) is 24.4 Å². The highest BCUT2D eigenvalue weighted by atomic mass is 32.1. The van der Waals surface area contributed by atoms with Crippen molar-refractivity contribution in [1.29, 1.82) is 0 Å². The third-order valence-electron chi connectivity index (χ3n) is 6.63. The standard InChI is InChI=1S/C28H28N6O4S/c1-16-5-2-7-19(13-16)34(28(37)25-22(29)23(26(30)35)33-39-25)24(27(36)32-15-20-8-4-12-38-20)18-9-10-21-17(14-18)6-3-11-31-21/h2-3,5-7,9-11,13-14,20,24H,4,8,12,15,29H2,1H3,(H2,30,35)(H,32,36)/t20-,24-/m0/s1. The third kappa shape index (κ3) is 5.45. The molecule has 2 aromatic heterocycles. The van der Waals surface area contributed by atoms with Gasteiger partial charge in [-0.1, -0.05) is 24.3 Å². The van der Waals surface area contributed by atoms with Crippen LogP contribution in [0.4, 0.5) is 11.4 Å². The lowest BCUT2D eigenvalue weighted by Crippen LogP contribution is -2.45. The van der Waals surface area contributed by atoms with E-state index in [4.69, 9.17) is 16.2 Å². The van der Waals surface area contributed by atoms with Gasteiger partial charge >= 0.3 is 0 Å². The Bertz CT molecular complexity index is 1550. The van der Waals surface area contributed by atoms with E-state index in [1.165, 1.54) is 4.90 Å². The van der Waals surface area contributed by atoms with Crippen molar-refractivity contribution < 1.29 is 19.1 Å². The topological polar surface area (TPSA) is 154 Å². The fraction of sp³-hybridized carbons (Fsp3) is 0.250. The normalized spacial score (nSPS) is 15.7. The van der Waals surface area contributed by atoms with E-state index in [1.807, 2.05) is 49.4 Å². The Morgan fingerprint density at radius 1 is 1.18 bits per heavy atom. The number of carbonyl (C=O) groups excluding carboxylic acids is 3. The van der Waals surface area contributed by atoms with E-state index in [0.717, 1.165) is 40.8 Å². The zero-order valence-corrected chi connectivity index (χ0v) is 22.1. The van der Waals surface area contributed by atoms with E-state index >= 15 is 0 Å². The first kappa shape index (κ1) is 26.3. The zero-order valence-electron chi connectivity index (χ0n) is 21.3. The first-order valence-electron chi connectivity index (χ1n) is 12.5. The molecule has 10 nitrogen and oxygen atoms in total. The Kier molecular flexibility index (Phi) is 7.53. The molecule has 200 valence electrons. The number of hydrogen-bond acceptors (Lipinski definition) is 8. The van der Waals surface area contributed by atoms with Crippen LogP contribution in [-0.2, 0) is 9.53 Å². The number of pyridine rings is 1. The van der Waals surface area contributed by atoms with Crippen LogP contribution in [0.25, 0.3) is 10.9 Å². The Morgan fingerprint density at radius 3 is 2.74 bits per heavy atom. The molecule has 1 aliphatic heterocycles. The smallest absolute Gasteiger partial charge is 0.273 e. The number of aromatic nitrogens is 2. The molecule has 4 aromatic rings. The van der Waals surface area contributed by atoms with Crippen molar-refractivity contribution in [2.75, 3.05) is 23.8 Å². The Morgan fingerprint density at radius 2 is 2.03 bits per heavy atom. The van der Waals surface area contributed by atoms with E-state index in [2.05, 4.69) is 14.7 Å². The molecule has 0 spiro atoms. The van der Waals surface area contributed by atoms with Gasteiger partial charge in [0, 0.05) is 30.4 Å². The number of fused-ring (bicyclic) bond motifs is 1. The minimum atomic E-state index is -1.08. The predicted molar refractivity (Wildman–Crippen MR) is 150 cm³/mol. The van der Waals surface area contributed by atoms with Crippen molar-refractivity contribution in [1.82, 2.24) is 14.7 Å². The molecule has 39 heavy (non-hydrogen) atoms. The highest BCUT2D eigenvalue weighted by Gasteiger charge is 2.36. The van der Waals surface area contributed by atoms with Gasteiger partial charge in [0.1, 0.15) is 10.9 Å². The van der Waals surface area contributed by atoms with E-state index in [-0.39, 0.29) is 28.3 Å². The quantitative estimate of drug-likeness (QED) is 0.307. The number of rotatable bonds is 8. The van der Waals surface area contributed by atoms with Gasteiger partial charge in [0.05, 0.1) is 17.3 Å². The summed E-state index contributed by atoms with van der Waals surface area (Å²) in [6, 6.07) is 15.3. The van der Waals surface area contributed by atoms with Gasteiger partial charge in [-0.2, -0.15) is 4.37 Å². The molecule has 1 fully saturated rings. The maximum Gasteiger partial charge on any atom is 0.273 e. The maximum atomic E-state index is 14.2. The first-order valence-corrected chi connectivity index (χ1v) is 13.3. The van der Waals surface area contributed by atoms with Gasteiger partial charge in [0.2, 0.25) is 5.91 Å². The lowest BCUT2D eigenvalue weighted by atomic mass is 10.00. The van der Waals surface area contributed by atoms with Crippen molar-refractivity contribution in [3.8, 4) is 0 Å². The number of anilines is 2. The molecule has 3 amide bonds. The summed E-state index contributed by atoms with van der Waals surface area (Å²) < 4.78 is 9.70. The van der Waals surface area contributed by atoms with Crippen LogP contribution in [0.1, 0.15) is 50.2 Å². The Labute approximate surface area is 229 Å². The van der Waals surface area contributed by atoms with Gasteiger partial charge in [-0.25, -0.2) is 0 Å². The largest absolute Gasteiger partial charge is 0.395 e. The van der Waals surface area contributed by atoms with Gasteiger partial charge in [0.15, 0.2) is 5.69 Å². The molecule has 5 N–H and O–H groups in total. The van der Waals surface area contributed by atoms with Gasteiger partial charge in [0.25, 0.3) is 11.8 Å². The number of primary amides is 1. The van der Waals surface area contributed by atoms with Gasteiger partial charge < -0.3 is 21.5 Å². The van der Waals surface area contributed by atoms with Crippen LogP contribution in [0.3, 0.4) is 0 Å². The molecule has 2 atom stereocenters. The highest BCUT2D eigenvalue weighted by Crippen LogP contribution is 2.34. The minimum Gasteiger partial charge on any atom is -0.395 e. The second kappa shape index (κ2) is 11.2. The minimum absolute atomic E-state index is 0.0182. The van der Waals surface area contributed by atoms with Crippen molar-refractivity contribution in [2.24, 2.45) is 5.73 Å². The summed E-state index contributed by atoms with van der Waals surface area (Å²) in [6.45, 7) is 2.86. The molecule has 3 heterocycles. The third-order valence-corrected chi connectivity index (χ3v) is 7.48. The van der Waals surface area contributed by atoms with Crippen molar-refractivity contribution in [2.45, 2.75) is 31.9 Å². The molecule has 0 bridgehead atoms. The van der Waals surface area contributed by atoms with Crippen LogP contribution < -0.4 is 21.7 Å². The molecule has 1 aliphatic rings. The van der Waals surface area contributed by atoms with Crippen molar-refractivity contribution >= 4 is 51.5 Å². The molecule has 0 aliphatic carbocycles. The molecule has 1 saturated heterocycles. The summed E-state index contributed by atoms with van der Waals surface area (Å²) in [6.07, 6.45) is 3.39. The van der Waals surface area contributed by atoms with Gasteiger partial charge in [-0.3, -0.25) is 24.3 Å². The lowest BCUT2D eigenvalue weighted by Gasteiger charge is -2.32. The fourth-order valence-corrected chi connectivity index (χ4v) is 5.44.